The predicted octanol–water partition coefficient (Wildman–Crippen LogP) is 1.73. The molecule has 0 bridgehead atoms. The molecule has 20 heavy (non-hydrogen) atoms. The van der Waals surface area contributed by atoms with E-state index in [1.165, 1.54) is 18.4 Å². The summed E-state index contributed by atoms with van der Waals surface area (Å²) < 4.78 is 5.23. The molecule has 1 rings (SSSR count). The first kappa shape index (κ1) is 16.5. The maximum atomic E-state index is 11.9. The molecule has 0 fully saturated rings. The number of nitrogens with one attached hydrogen (secondary N) is 2. The van der Waals surface area contributed by atoms with Crippen molar-refractivity contribution in [2.75, 3.05) is 37.9 Å². The Kier molecular flexibility index (Phi) is 6.47. The lowest BCUT2D eigenvalue weighted by Crippen LogP contribution is -2.20. The molecule has 0 aliphatic rings. The van der Waals surface area contributed by atoms with Gasteiger partial charge in [-0.25, -0.2) is 0 Å². The maximum absolute atomic E-state index is 11.9. The minimum Gasteiger partial charge on any atom is -0.397 e. The number of hydrogen-bond acceptors (Lipinski definition) is 6. The Morgan fingerprint density at radius 2 is 2.05 bits per heavy atom. The second-order valence-electron chi connectivity index (χ2n) is 4.03. The Morgan fingerprint density at radius 3 is 2.60 bits per heavy atom. The largest absolute Gasteiger partial charge is 0.397 e. The van der Waals surface area contributed by atoms with Crippen LogP contribution in [-0.4, -0.2) is 38.5 Å². The standard InChI is InChI=1S/C13H21N3O3S/c1-4-8(17)11-10(14)9(12(18)15-3)13(20-11)16-6-7-19-5-2/h16H,4-7,14H2,1-3H3,(H,15,18). The van der Waals surface area contributed by atoms with Gasteiger partial charge in [-0.2, -0.15) is 0 Å². The first-order chi connectivity index (χ1) is 9.56. The average molecular weight is 299 g/mol. The summed E-state index contributed by atoms with van der Waals surface area (Å²) in [5, 5.41) is 6.25. The lowest BCUT2D eigenvalue weighted by Gasteiger charge is -2.07. The van der Waals surface area contributed by atoms with Crippen molar-refractivity contribution in [2.45, 2.75) is 20.3 Å². The Labute approximate surface area is 122 Å². The lowest BCUT2D eigenvalue weighted by atomic mass is 10.1. The van der Waals surface area contributed by atoms with E-state index in [4.69, 9.17) is 10.5 Å². The number of ketones is 1. The van der Waals surface area contributed by atoms with Crippen LogP contribution in [0.25, 0.3) is 0 Å². The van der Waals surface area contributed by atoms with Crippen molar-refractivity contribution in [2.24, 2.45) is 0 Å². The van der Waals surface area contributed by atoms with Gasteiger partial charge in [-0.1, -0.05) is 6.92 Å². The second-order valence-corrected chi connectivity index (χ2v) is 5.05. The normalized spacial score (nSPS) is 10.3. The molecule has 4 N–H and O–H groups in total. The van der Waals surface area contributed by atoms with Crippen LogP contribution in [0.2, 0.25) is 0 Å². The smallest absolute Gasteiger partial charge is 0.256 e. The SMILES string of the molecule is CCOCCNc1sc(C(=O)CC)c(N)c1C(=O)NC. The number of ether oxygens (including phenoxy) is 1. The van der Waals surface area contributed by atoms with E-state index >= 15 is 0 Å². The summed E-state index contributed by atoms with van der Waals surface area (Å²) in [7, 11) is 1.53. The number of carbonyl (C=O) groups is 2. The first-order valence-electron chi connectivity index (χ1n) is 6.55. The first-order valence-corrected chi connectivity index (χ1v) is 7.37. The van der Waals surface area contributed by atoms with Crippen molar-refractivity contribution >= 4 is 33.7 Å². The zero-order valence-electron chi connectivity index (χ0n) is 12.0. The fraction of sp³-hybridized carbons (Fsp3) is 0.538. The molecule has 0 atom stereocenters. The van der Waals surface area contributed by atoms with E-state index in [1.54, 1.807) is 6.92 Å². The number of hydrogen-bond donors (Lipinski definition) is 3. The molecule has 0 unspecified atom stereocenters. The van der Waals surface area contributed by atoms with Crippen LogP contribution in [-0.2, 0) is 4.74 Å². The molecule has 0 spiro atoms. The molecular weight excluding hydrogens is 278 g/mol. The molecule has 0 saturated heterocycles. The Balaban J connectivity index is 3.01. The number of nitrogen functional groups attached to an aromatic ring is 1. The number of anilines is 2. The molecule has 0 radical (unpaired) electrons. The van der Waals surface area contributed by atoms with Crippen molar-refractivity contribution in [3.8, 4) is 0 Å². The van der Waals surface area contributed by atoms with E-state index in [-0.39, 0.29) is 17.4 Å². The molecule has 0 aliphatic carbocycles. The fourth-order valence-corrected chi connectivity index (χ4v) is 2.82. The van der Waals surface area contributed by atoms with Gasteiger partial charge < -0.3 is 21.1 Å². The van der Waals surface area contributed by atoms with Gasteiger partial charge in [0, 0.05) is 26.6 Å². The third kappa shape index (κ3) is 3.71. The van der Waals surface area contributed by atoms with E-state index in [0.29, 0.717) is 41.6 Å². The predicted molar refractivity (Wildman–Crippen MR) is 81.7 cm³/mol. The van der Waals surface area contributed by atoms with Crippen LogP contribution in [0, 0.1) is 0 Å². The zero-order valence-corrected chi connectivity index (χ0v) is 12.9. The van der Waals surface area contributed by atoms with Crippen molar-refractivity contribution in [3.63, 3.8) is 0 Å². The maximum Gasteiger partial charge on any atom is 0.256 e. The van der Waals surface area contributed by atoms with Gasteiger partial charge >= 0.3 is 0 Å². The van der Waals surface area contributed by atoms with Gasteiger partial charge in [0.05, 0.1) is 22.7 Å². The summed E-state index contributed by atoms with van der Waals surface area (Å²) in [4.78, 5) is 24.2. The van der Waals surface area contributed by atoms with Gasteiger partial charge in [-0.05, 0) is 6.92 Å². The van der Waals surface area contributed by atoms with E-state index in [1.807, 2.05) is 6.92 Å². The summed E-state index contributed by atoms with van der Waals surface area (Å²) in [6.07, 6.45) is 0.357. The van der Waals surface area contributed by atoms with Gasteiger partial charge in [-0.3, -0.25) is 9.59 Å². The molecule has 112 valence electrons. The molecule has 1 aromatic rings. The third-order valence-corrected chi connectivity index (χ3v) is 3.91. The highest BCUT2D eigenvalue weighted by molar-refractivity contribution is 7.19. The van der Waals surface area contributed by atoms with Crippen LogP contribution in [0.1, 0.15) is 40.3 Å². The summed E-state index contributed by atoms with van der Waals surface area (Å²) in [6, 6.07) is 0. The van der Waals surface area contributed by atoms with E-state index in [9.17, 15) is 9.59 Å². The molecule has 6 nitrogen and oxygen atoms in total. The number of thiophene rings is 1. The van der Waals surface area contributed by atoms with Crippen molar-refractivity contribution in [1.82, 2.24) is 5.32 Å². The highest BCUT2D eigenvalue weighted by Crippen LogP contribution is 2.36. The highest BCUT2D eigenvalue weighted by Gasteiger charge is 2.23. The molecule has 1 aromatic heterocycles. The summed E-state index contributed by atoms with van der Waals surface area (Å²) in [5.74, 6) is -0.358. The molecule has 0 aromatic carbocycles. The third-order valence-electron chi connectivity index (χ3n) is 2.71. The van der Waals surface area contributed by atoms with Crippen LogP contribution in [0.4, 0.5) is 10.7 Å². The van der Waals surface area contributed by atoms with Gasteiger partial charge in [0.15, 0.2) is 5.78 Å². The second kappa shape index (κ2) is 7.86. The number of amides is 1. The minimum atomic E-state index is -0.298. The topological polar surface area (TPSA) is 93.4 Å². The monoisotopic (exact) mass is 299 g/mol. The summed E-state index contributed by atoms with van der Waals surface area (Å²) in [6.45, 7) is 5.40. The Morgan fingerprint density at radius 1 is 1.35 bits per heavy atom. The number of carbonyl (C=O) groups excluding carboxylic acids is 2. The molecule has 1 heterocycles. The minimum absolute atomic E-state index is 0.0597. The van der Waals surface area contributed by atoms with Gasteiger partial charge in [0.2, 0.25) is 0 Å². The summed E-state index contributed by atoms with van der Waals surface area (Å²) in [5.41, 5.74) is 6.53. The van der Waals surface area contributed by atoms with Crippen LogP contribution < -0.4 is 16.4 Å². The highest BCUT2D eigenvalue weighted by atomic mass is 32.1. The van der Waals surface area contributed by atoms with Crippen molar-refractivity contribution < 1.29 is 14.3 Å². The number of Topliss-reactive ketones (excluding diaryl/α,β-unsaturated/α-hetero) is 1. The van der Waals surface area contributed by atoms with E-state index < -0.39 is 0 Å². The molecule has 1 amide bonds. The average Bonchev–Trinajstić information content (AvgIpc) is 2.79. The fourth-order valence-electron chi connectivity index (χ4n) is 1.67. The van der Waals surface area contributed by atoms with Crippen LogP contribution in [0.5, 0.6) is 0 Å². The van der Waals surface area contributed by atoms with E-state index in [0.717, 1.165) is 0 Å². The van der Waals surface area contributed by atoms with Crippen LogP contribution in [0.3, 0.4) is 0 Å². The zero-order chi connectivity index (χ0) is 15.1. The summed E-state index contributed by atoms with van der Waals surface area (Å²) >= 11 is 1.22. The number of rotatable bonds is 8. The van der Waals surface area contributed by atoms with Crippen molar-refractivity contribution in [3.05, 3.63) is 10.4 Å². The Bertz CT molecular complexity index is 485. The van der Waals surface area contributed by atoms with Gasteiger partial charge in [0.1, 0.15) is 5.00 Å². The Hall–Kier alpha value is -1.60. The van der Waals surface area contributed by atoms with Crippen molar-refractivity contribution in [1.29, 1.82) is 0 Å². The molecule has 0 aliphatic heterocycles. The van der Waals surface area contributed by atoms with Gasteiger partial charge in [-0.15, -0.1) is 11.3 Å². The lowest BCUT2D eigenvalue weighted by molar-refractivity contribution is 0.0964. The van der Waals surface area contributed by atoms with Gasteiger partial charge in [0.25, 0.3) is 5.91 Å². The number of nitrogens with two attached hydrogens (primary N) is 1. The van der Waals surface area contributed by atoms with E-state index in [2.05, 4.69) is 10.6 Å². The molecule has 7 heteroatoms. The molecular formula is C13H21N3O3S. The van der Waals surface area contributed by atoms with Crippen LogP contribution in [0.15, 0.2) is 0 Å². The molecule has 0 saturated carbocycles. The van der Waals surface area contributed by atoms with Crippen LogP contribution >= 0.6 is 11.3 Å². The quantitative estimate of drug-likeness (QED) is 0.502.